The van der Waals surface area contributed by atoms with E-state index in [1.54, 1.807) is 0 Å². The largest absolute Gasteiger partial charge is 0.431 e. The highest BCUT2D eigenvalue weighted by atomic mass is 19.4. The van der Waals surface area contributed by atoms with Crippen molar-refractivity contribution >= 4 is 5.97 Å². The van der Waals surface area contributed by atoms with Crippen LogP contribution in [0.2, 0.25) is 0 Å². The Bertz CT molecular complexity index is 296. The van der Waals surface area contributed by atoms with Crippen LogP contribution in [0.4, 0.5) is 13.2 Å². The van der Waals surface area contributed by atoms with Gasteiger partial charge in [-0.3, -0.25) is 4.79 Å². The third kappa shape index (κ3) is 7.90. The van der Waals surface area contributed by atoms with Crippen LogP contribution in [0.1, 0.15) is 59.3 Å². The summed E-state index contributed by atoms with van der Waals surface area (Å²) in [5, 5.41) is 0. The molecule has 0 aromatic rings. The summed E-state index contributed by atoms with van der Waals surface area (Å²) in [4.78, 5) is 11.0. The van der Waals surface area contributed by atoms with Crippen molar-refractivity contribution in [3.63, 3.8) is 0 Å². The molecular formula is C14H23F3O2. The number of alkyl halides is 3. The summed E-state index contributed by atoms with van der Waals surface area (Å²) in [5.41, 5.74) is 0. The molecule has 0 spiro atoms. The number of allylic oxidation sites excluding steroid dienone is 2. The molecule has 1 unspecified atom stereocenters. The van der Waals surface area contributed by atoms with Gasteiger partial charge in [-0.15, -0.1) is 0 Å². The second kappa shape index (κ2) is 8.99. The summed E-state index contributed by atoms with van der Waals surface area (Å²) < 4.78 is 43.8. The molecule has 0 radical (unpaired) electrons. The van der Waals surface area contributed by atoms with Gasteiger partial charge in [-0.1, -0.05) is 33.1 Å². The Morgan fingerprint density at radius 1 is 1.21 bits per heavy atom. The molecule has 5 heteroatoms. The predicted molar refractivity (Wildman–Crippen MR) is 68.4 cm³/mol. The minimum atomic E-state index is -4.37. The van der Waals surface area contributed by atoms with Crippen molar-refractivity contribution in [1.29, 1.82) is 0 Å². The van der Waals surface area contributed by atoms with Crippen LogP contribution in [0.3, 0.4) is 0 Å². The van der Waals surface area contributed by atoms with Crippen LogP contribution < -0.4 is 0 Å². The smallest absolute Gasteiger partial charge is 0.398 e. The van der Waals surface area contributed by atoms with Gasteiger partial charge in [0.15, 0.2) is 0 Å². The summed E-state index contributed by atoms with van der Waals surface area (Å²) in [5.74, 6) is -2.61. The van der Waals surface area contributed by atoms with Crippen LogP contribution in [0.5, 0.6) is 0 Å². The fraction of sp³-hybridized carbons (Fsp3) is 0.786. The van der Waals surface area contributed by atoms with Gasteiger partial charge in [0.25, 0.3) is 0 Å². The molecule has 112 valence electrons. The number of rotatable bonds is 8. The molecule has 0 aliphatic rings. The van der Waals surface area contributed by atoms with Crippen molar-refractivity contribution in [2.45, 2.75) is 65.5 Å². The standard InChI is InChI=1S/C14H23F3O2/c1-4-6-8-10-13(19-11(3)18)12(9-7-5-2)14(15,16)17/h10,12H,4-9H2,1-3H3/b13-10-. The third-order valence-corrected chi connectivity index (χ3v) is 2.75. The van der Waals surface area contributed by atoms with E-state index in [-0.39, 0.29) is 12.2 Å². The van der Waals surface area contributed by atoms with Gasteiger partial charge in [0, 0.05) is 6.92 Å². The molecule has 0 aliphatic heterocycles. The number of ether oxygens (including phenoxy) is 1. The normalized spacial score (nSPS) is 14.3. The maximum atomic E-state index is 13.0. The first-order valence-electron chi connectivity index (χ1n) is 6.78. The van der Waals surface area contributed by atoms with E-state index in [1.807, 2.05) is 13.8 Å². The molecule has 19 heavy (non-hydrogen) atoms. The molecule has 0 amide bonds. The van der Waals surface area contributed by atoms with E-state index in [9.17, 15) is 18.0 Å². The molecule has 0 fully saturated rings. The van der Waals surface area contributed by atoms with Crippen molar-refractivity contribution in [2.75, 3.05) is 0 Å². The van der Waals surface area contributed by atoms with E-state index >= 15 is 0 Å². The first-order chi connectivity index (χ1) is 8.82. The van der Waals surface area contributed by atoms with Crippen LogP contribution in [0.25, 0.3) is 0 Å². The van der Waals surface area contributed by atoms with Gasteiger partial charge in [0.05, 0.1) is 0 Å². The predicted octanol–water partition coefficient (Wildman–Crippen LogP) is 4.99. The topological polar surface area (TPSA) is 26.3 Å². The van der Waals surface area contributed by atoms with Gasteiger partial charge in [0.2, 0.25) is 0 Å². The Kier molecular flexibility index (Phi) is 8.52. The van der Waals surface area contributed by atoms with Crippen LogP contribution in [-0.2, 0) is 9.53 Å². The molecule has 1 atom stereocenters. The number of carbonyl (C=O) groups excluding carboxylic acids is 1. The van der Waals surface area contributed by atoms with E-state index in [0.29, 0.717) is 19.3 Å². The van der Waals surface area contributed by atoms with Crippen molar-refractivity contribution in [1.82, 2.24) is 0 Å². The molecule has 0 bridgehead atoms. The number of carbonyl (C=O) groups is 1. The number of hydrogen-bond donors (Lipinski definition) is 0. The zero-order valence-electron chi connectivity index (χ0n) is 11.8. The minimum absolute atomic E-state index is 0.0365. The highest BCUT2D eigenvalue weighted by molar-refractivity contribution is 5.67. The Morgan fingerprint density at radius 3 is 2.21 bits per heavy atom. The van der Waals surface area contributed by atoms with Gasteiger partial charge in [0.1, 0.15) is 11.7 Å². The van der Waals surface area contributed by atoms with E-state index in [4.69, 9.17) is 4.74 Å². The lowest BCUT2D eigenvalue weighted by Gasteiger charge is -2.22. The number of esters is 1. The SMILES string of the molecule is CCCC/C=C(\OC(C)=O)C(CCCC)C(F)(F)F. The van der Waals surface area contributed by atoms with Gasteiger partial charge in [-0.05, 0) is 25.3 Å². The lowest BCUT2D eigenvalue weighted by atomic mass is 9.98. The molecule has 0 aliphatic carbocycles. The molecule has 2 nitrogen and oxygen atoms in total. The quantitative estimate of drug-likeness (QED) is 0.355. The zero-order valence-corrected chi connectivity index (χ0v) is 11.8. The monoisotopic (exact) mass is 280 g/mol. The fourth-order valence-corrected chi connectivity index (χ4v) is 1.74. The summed E-state index contributed by atoms with van der Waals surface area (Å²) in [6.45, 7) is 4.91. The Hall–Kier alpha value is -1.00. The maximum Gasteiger partial charge on any atom is 0.398 e. The summed E-state index contributed by atoms with van der Waals surface area (Å²) in [6.07, 6.45) is 0.300. The average molecular weight is 280 g/mol. The summed E-state index contributed by atoms with van der Waals surface area (Å²) in [7, 11) is 0. The second-order valence-corrected chi connectivity index (χ2v) is 4.58. The first-order valence-corrected chi connectivity index (χ1v) is 6.78. The lowest BCUT2D eigenvalue weighted by Crippen LogP contribution is -2.27. The number of hydrogen-bond acceptors (Lipinski definition) is 2. The van der Waals surface area contributed by atoms with E-state index < -0.39 is 18.1 Å². The van der Waals surface area contributed by atoms with Crippen LogP contribution in [0.15, 0.2) is 11.8 Å². The van der Waals surface area contributed by atoms with Crippen molar-refractivity contribution < 1.29 is 22.7 Å². The third-order valence-electron chi connectivity index (χ3n) is 2.75. The van der Waals surface area contributed by atoms with Gasteiger partial charge in [-0.25, -0.2) is 0 Å². The molecule has 0 aromatic carbocycles. The number of halogens is 3. The molecule has 0 heterocycles. The molecule has 0 aromatic heterocycles. The van der Waals surface area contributed by atoms with E-state index in [2.05, 4.69) is 0 Å². The molecule has 0 saturated heterocycles. The Morgan fingerprint density at radius 2 is 1.79 bits per heavy atom. The molecule has 0 saturated carbocycles. The van der Waals surface area contributed by atoms with Crippen LogP contribution in [-0.4, -0.2) is 12.1 Å². The number of unbranched alkanes of at least 4 members (excludes halogenated alkanes) is 3. The zero-order chi connectivity index (χ0) is 14.9. The van der Waals surface area contributed by atoms with Gasteiger partial charge >= 0.3 is 12.1 Å². The van der Waals surface area contributed by atoms with Crippen molar-refractivity contribution in [3.05, 3.63) is 11.8 Å². The summed E-state index contributed by atoms with van der Waals surface area (Å²) >= 11 is 0. The van der Waals surface area contributed by atoms with Crippen LogP contribution in [0, 0.1) is 5.92 Å². The van der Waals surface area contributed by atoms with E-state index in [0.717, 1.165) is 19.8 Å². The van der Waals surface area contributed by atoms with Gasteiger partial charge < -0.3 is 4.74 Å². The van der Waals surface area contributed by atoms with Crippen molar-refractivity contribution in [3.8, 4) is 0 Å². The molecule has 0 rings (SSSR count). The fourth-order valence-electron chi connectivity index (χ4n) is 1.74. The first kappa shape index (κ1) is 18.0. The lowest BCUT2D eigenvalue weighted by molar-refractivity contribution is -0.177. The summed E-state index contributed by atoms with van der Waals surface area (Å²) in [6, 6.07) is 0. The van der Waals surface area contributed by atoms with Crippen LogP contribution >= 0.6 is 0 Å². The Balaban J connectivity index is 4.99. The Labute approximate surface area is 113 Å². The highest BCUT2D eigenvalue weighted by Gasteiger charge is 2.42. The van der Waals surface area contributed by atoms with Gasteiger partial charge in [-0.2, -0.15) is 13.2 Å². The highest BCUT2D eigenvalue weighted by Crippen LogP contribution is 2.36. The maximum absolute atomic E-state index is 13.0. The van der Waals surface area contributed by atoms with Crippen molar-refractivity contribution in [2.24, 2.45) is 5.92 Å². The van der Waals surface area contributed by atoms with E-state index in [1.165, 1.54) is 6.08 Å². The average Bonchev–Trinajstić information content (AvgIpc) is 2.27. The second-order valence-electron chi connectivity index (χ2n) is 4.58. The molecule has 0 N–H and O–H groups in total. The minimum Gasteiger partial charge on any atom is -0.431 e. The molecular weight excluding hydrogens is 257 g/mol.